The fourth-order valence-electron chi connectivity index (χ4n) is 3.30. The number of hydrogen-bond acceptors (Lipinski definition) is 5. The zero-order valence-electron chi connectivity index (χ0n) is 16.2. The quantitative estimate of drug-likeness (QED) is 0.741. The Morgan fingerprint density at radius 2 is 1.88 bits per heavy atom. The topological polar surface area (TPSA) is 70.2 Å². The number of sulfonamides is 1. The Morgan fingerprint density at radius 3 is 2.38 bits per heavy atom. The van der Waals surface area contributed by atoms with Crippen molar-refractivity contribution in [3.05, 3.63) is 23.8 Å². The molecule has 1 saturated heterocycles. The summed E-state index contributed by atoms with van der Waals surface area (Å²) >= 11 is 0. The van der Waals surface area contributed by atoms with Gasteiger partial charge in [-0.15, -0.1) is 0 Å². The van der Waals surface area contributed by atoms with E-state index in [1.165, 1.54) is 11.4 Å². The lowest BCUT2D eigenvalue weighted by Gasteiger charge is -2.38. The third-order valence-corrected chi connectivity index (χ3v) is 6.00. The van der Waals surface area contributed by atoms with Gasteiger partial charge in [0, 0.05) is 26.2 Å². The third kappa shape index (κ3) is 4.48. The number of piperazine rings is 1. The van der Waals surface area contributed by atoms with E-state index in [1.807, 2.05) is 13.0 Å². The van der Waals surface area contributed by atoms with Gasteiger partial charge in [0.25, 0.3) is 0 Å². The van der Waals surface area contributed by atoms with Crippen molar-refractivity contribution in [3.8, 4) is 5.75 Å². The summed E-state index contributed by atoms with van der Waals surface area (Å²) in [4.78, 5) is 17.0. The lowest BCUT2D eigenvalue weighted by molar-refractivity contribution is -0.133. The number of aryl methyl sites for hydroxylation is 1. The van der Waals surface area contributed by atoms with E-state index < -0.39 is 16.1 Å². The minimum Gasteiger partial charge on any atom is -0.495 e. The van der Waals surface area contributed by atoms with E-state index >= 15 is 0 Å². The average molecular weight is 384 g/mol. The zero-order valence-corrected chi connectivity index (χ0v) is 17.0. The second-order valence-corrected chi connectivity index (χ2v) is 8.53. The number of carbonyl (C=O) groups is 1. The molecule has 0 bridgehead atoms. The van der Waals surface area contributed by atoms with Crippen LogP contribution in [0.2, 0.25) is 0 Å². The van der Waals surface area contributed by atoms with Crippen molar-refractivity contribution in [1.82, 2.24) is 9.80 Å². The largest absolute Gasteiger partial charge is 0.495 e. The smallest absolute Gasteiger partial charge is 0.246 e. The van der Waals surface area contributed by atoms with Gasteiger partial charge < -0.3 is 14.5 Å². The second-order valence-electron chi connectivity index (χ2n) is 6.67. The number of benzene rings is 1. The van der Waals surface area contributed by atoms with Crippen molar-refractivity contribution in [2.24, 2.45) is 0 Å². The summed E-state index contributed by atoms with van der Waals surface area (Å²) in [5.41, 5.74) is 1.29. The van der Waals surface area contributed by atoms with E-state index in [0.717, 1.165) is 31.5 Å². The molecule has 0 aliphatic carbocycles. The van der Waals surface area contributed by atoms with Crippen molar-refractivity contribution >= 4 is 21.6 Å². The van der Waals surface area contributed by atoms with Crippen LogP contribution in [0.25, 0.3) is 0 Å². The highest BCUT2D eigenvalue weighted by molar-refractivity contribution is 7.92. The SMILES string of the molecule is CCN1CCN(C(=O)[C@@H](C)N(c2cc(C)ccc2OC)S(C)(=O)=O)CC1. The summed E-state index contributed by atoms with van der Waals surface area (Å²) < 4.78 is 31.6. The fraction of sp³-hybridized carbons (Fsp3) is 0.611. The van der Waals surface area contributed by atoms with E-state index in [2.05, 4.69) is 11.8 Å². The molecule has 2 rings (SSSR count). The van der Waals surface area contributed by atoms with Crippen LogP contribution in [0.1, 0.15) is 19.4 Å². The maximum atomic E-state index is 13.0. The molecular formula is C18H29N3O4S. The second kappa shape index (κ2) is 8.26. The molecule has 1 amide bonds. The highest BCUT2D eigenvalue weighted by Crippen LogP contribution is 2.33. The predicted molar refractivity (Wildman–Crippen MR) is 103 cm³/mol. The number of hydrogen-bond donors (Lipinski definition) is 0. The molecule has 0 radical (unpaired) electrons. The number of methoxy groups -OCH3 is 1. The minimum absolute atomic E-state index is 0.185. The normalized spacial score (nSPS) is 17.0. The van der Waals surface area contributed by atoms with Gasteiger partial charge in [0.2, 0.25) is 15.9 Å². The Kier molecular flexibility index (Phi) is 6.52. The zero-order chi connectivity index (χ0) is 19.5. The molecule has 146 valence electrons. The van der Waals surface area contributed by atoms with E-state index in [0.29, 0.717) is 24.5 Å². The first-order valence-corrected chi connectivity index (χ1v) is 10.7. The van der Waals surface area contributed by atoms with Gasteiger partial charge in [-0.25, -0.2) is 8.42 Å². The molecule has 0 unspecified atom stereocenters. The number of ether oxygens (including phenoxy) is 1. The van der Waals surface area contributed by atoms with Crippen molar-refractivity contribution in [1.29, 1.82) is 0 Å². The molecule has 1 aromatic rings. The maximum absolute atomic E-state index is 13.0. The molecule has 0 N–H and O–H groups in total. The van der Waals surface area contributed by atoms with Crippen LogP contribution in [-0.4, -0.2) is 76.3 Å². The number of rotatable bonds is 6. The number of carbonyl (C=O) groups excluding carboxylic acids is 1. The minimum atomic E-state index is -3.67. The van der Waals surface area contributed by atoms with Gasteiger partial charge >= 0.3 is 0 Å². The third-order valence-electron chi connectivity index (χ3n) is 4.77. The van der Waals surface area contributed by atoms with E-state index in [4.69, 9.17) is 4.74 Å². The fourth-order valence-corrected chi connectivity index (χ4v) is 4.46. The Hall–Kier alpha value is -1.80. The molecule has 1 aliphatic heterocycles. The summed E-state index contributed by atoms with van der Waals surface area (Å²) in [6.45, 7) is 9.39. The lowest BCUT2D eigenvalue weighted by Crippen LogP contribution is -2.55. The Labute approximate surface area is 156 Å². The Morgan fingerprint density at radius 1 is 1.27 bits per heavy atom. The molecule has 7 nitrogen and oxygen atoms in total. The average Bonchev–Trinajstić information content (AvgIpc) is 2.60. The van der Waals surface area contributed by atoms with Gasteiger partial charge in [-0.1, -0.05) is 13.0 Å². The monoisotopic (exact) mass is 383 g/mol. The van der Waals surface area contributed by atoms with Gasteiger partial charge in [-0.2, -0.15) is 0 Å². The first kappa shape index (κ1) is 20.5. The Balaban J connectivity index is 2.33. The standard InChI is InChI=1S/C18H29N3O4S/c1-6-19-9-11-20(12-10-19)18(22)15(3)21(26(5,23)24)16-13-14(2)7-8-17(16)25-4/h7-8,13,15H,6,9-12H2,1-5H3/t15-/m1/s1. The number of nitrogens with zero attached hydrogens (tertiary/aromatic N) is 3. The van der Waals surface area contributed by atoms with Crippen molar-refractivity contribution in [2.75, 3.05) is 50.4 Å². The molecule has 1 aromatic carbocycles. The summed E-state index contributed by atoms with van der Waals surface area (Å²) in [5, 5.41) is 0. The van der Waals surface area contributed by atoms with Crippen LogP contribution in [0.15, 0.2) is 18.2 Å². The molecule has 1 fully saturated rings. The van der Waals surface area contributed by atoms with Gasteiger partial charge in [0.05, 0.1) is 19.1 Å². The van der Waals surface area contributed by atoms with Gasteiger partial charge in [-0.05, 0) is 38.1 Å². The number of amides is 1. The molecule has 8 heteroatoms. The van der Waals surface area contributed by atoms with E-state index in [-0.39, 0.29) is 5.91 Å². The van der Waals surface area contributed by atoms with Crippen LogP contribution < -0.4 is 9.04 Å². The summed E-state index contributed by atoms with van der Waals surface area (Å²) in [5.74, 6) is 0.242. The summed E-state index contributed by atoms with van der Waals surface area (Å²) in [6.07, 6.45) is 1.12. The van der Waals surface area contributed by atoms with Crippen molar-refractivity contribution in [2.45, 2.75) is 26.8 Å². The number of likely N-dealkylation sites (N-methyl/N-ethyl adjacent to an activating group) is 1. The molecule has 0 saturated carbocycles. The first-order valence-electron chi connectivity index (χ1n) is 8.84. The Bertz CT molecular complexity index is 743. The maximum Gasteiger partial charge on any atom is 0.246 e. The van der Waals surface area contributed by atoms with Gasteiger partial charge in [-0.3, -0.25) is 9.10 Å². The van der Waals surface area contributed by atoms with E-state index in [9.17, 15) is 13.2 Å². The molecule has 0 spiro atoms. The van der Waals surface area contributed by atoms with Crippen LogP contribution in [0.3, 0.4) is 0 Å². The molecule has 1 heterocycles. The predicted octanol–water partition coefficient (Wildman–Crippen LogP) is 1.32. The summed E-state index contributed by atoms with van der Waals surface area (Å²) in [7, 11) is -2.18. The molecular weight excluding hydrogens is 354 g/mol. The van der Waals surface area contributed by atoms with Crippen LogP contribution in [0, 0.1) is 6.92 Å². The van der Waals surface area contributed by atoms with Crippen LogP contribution in [-0.2, 0) is 14.8 Å². The van der Waals surface area contributed by atoms with Crippen molar-refractivity contribution in [3.63, 3.8) is 0 Å². The molecule has 0 aromatic heterocycles. The van der Waals surface area contributed by atoms with Crippen LogP contribution in [0.4, 0.5) is 5.69 Å². The summed E-state index contributed by atoms with van der Waals surface area (Å²) in [6, 6.07) is 4.46. The van der Waals surface area contributed by atoms with Gasteiger partial charge in [0.1, 0.15) is 11.8 Å². The van der Waals surface area contributed by atoms with E-state index in [1.54, 1.807) is 24.0 Å². The molecule has 1 atom stereocenters. The van der Waals surface area contributed by atoms with Gasteiger partial charge in [0.15, 0.2) is 0 Å². The first-order chi connectivity index (χ1) is 12.2. The van der Waals surface area contributed by atoms with Crippen LogP contribution >= 0.6 is 0 Å². The highest BCUT2D eigenvalue weighted by atomic mass is 32.2. The lowest BCUT2D eigenvalue weighted by atomic mass is 10.1. The number of anilines is 1. The molecule has 26 heavy (non-hydrogen) atoms. The van der Waals surface area contributed by atoms with Crippen LogP contribution in [0.5, 0.6) is 5.75 Å². The van der Waals surface area contributed by atoms with Crippen molar-refractivity contribution < 1.29 is 17.9 Å². The highest BCUT2D eigenvalue weighted by Gasteiger charge is 2.34. The molecule has 1 aliphatic rings.